The van der Waals surface area contributed by atoms with Crippen molar-refractivity contribution < 1.29 is 4.79 Å². The third-order valence-corrected chi connectivity index (χ3v) is 6.17. The van der Waals surface area contributed by atoms with Gasteiger partial charge >= 0.3 is 0 Å². The van der Waals surface area contributed by atoms with E-state index in [1.807, 2.05) is 25.1 Å². The first-order valence-electron chi connectivity index (χ1n) is 6.60. The van der Waals surface area contributed by atoms with Crippen LogP contribution >= 0.6 is 34.9 Å². The molecule has 1 amide bonds. The van der Waals surface area contributed by atoms with E-state index in [0.29, 0.717) is 0 Å². The zero-order chi connectivity index (χ0) is 15.9. The quantitative estimate of drug-likeness (QED) is 0.429. The van der Waals surface area contributed by atoms with Crippen LogP contribution in [-0.2, 0) is 0 Å². The van der Waals surface area contributed by atoms with Gasteiger partial charge in [-0.15, -0.1) is 18.3 Å². The minimum atomic E-state index is 0.0287. The van der Waals surface area contributed by atoms with Crippen LogP contribution in [0.4, 0.5) is 9.80 Å². The van der Waals surface area contributed by atoms with Crippen molar-refractivity contribution in [1.29, 1.82) is 0 Å². The van der Waals surface area contributed by atoms with Crippen LogP contribution in [0.15, 0.2) is 37.2 Å². The monoisotopic (exact) mass is 351 g/mol. The molecule has 2 aromatic heterocycles. The van der Waals surface area contributed by atoms with Crippen LogP contribution in [0.2, 0.25) is 0 Å². The lowest BCUT2D eigenvalue weighted by molar-refractivity contribution is 0.266. The number of aryl methyl sites for hydroxylation is 1. The molecule has 2 heterocycles. The normalized spacial score (nSPS) is 10.5. The fraction of sp³-hybridized carbons (Fsp3) is 0.267. The lowest BCUT2D eigenvalue weighted by atomic mass is 10.3. The molecule has 4 nitrogen and oxygen atoms in total. The summed E-state index contributed by atoms with van der Waals surface area (Å²) in [6, 6.07) is 3.85. The molecule has 22 heavy (non-hydrogen) atoms. The second-order valence-corrected chi connectivity index (χ2v) is 7.70. The van der Waals surface area contributed by atoms with E-state index in [9.17, 15) is 4.79 Å². The van der Waals surface area contributed by atoms with Gasteiger partial charge in [-0.1, -0.05) is 29.2 Å². The second-order valence-electron chi connectivity index (χ2n) is 4.40. The zero-order valence-electron chi connectivity index (χ0n) is 12.5. The molecule has 0 aliphatic carbocycles. The number of pyridine rings is 1. The van der Waals surface area contributed by atoms with Crippen molar-refractivity contribution in [3.05, 3.63) is 42.9 Å². The Balaban J connectivity index is 2.07. The molecule has 0 atom stereocenters. The van der Waals surface area contributed by atoms with Crippen molar-refractivity contribution in [3.8, 4) is 10.6 Å². The van der Waals surface area contributed by atoms with Crippen LogP contribution in [-0.4, -0.2) is 33.1 Å². The van der Waals surface area contributed by atoms with Gasteiger partial charge < -0.3 is 0 Å². The van der Waals surface area contributed by atoms with Gasteiger partial charge in [0.25, 0.3) is 5.24 Å². The number of rotatable bonds is 6. The molecule has 0 N–H and O–H groups in total. The van der Waals surface area contributed by atoms with Gasteiger partial charge in [0.05, 0.1) is 5.69 Å². The Morgan fingerprint density at radius 3 is 3.05 bits per heavy atom. The Morgan fingerprint density at radius 2 is 2.36 bits per heavy atom. The van der Waals surface area contributed by atoms with E-state index in [1.54, 1.807) is 36.1 Å². The molecule has 0 aromatic carbocycles. The molecular weight excluding hydrogens is 334 g/mol. The summed E-state index contributed by atoms with van der Waals surface area (Å²) < 4.78 is 0. The van der Waals surface area contributed by atoms with Gasteiger partial charge in [0.15, 0.2) is 0 Å². The maximum atomic E-state index is 12.2. The van der Waals surface area contributed by atoms with Gasteiger partial charge in [-0.3, -0.25) is 14.7 Å². The van der Waals surface area contributed by atoms with Crippen molar-refractivity contribution in [2.75, 3.05) is 22.8 Å². The summed E-state index contributed by atoms with van der Waals surface area (Å²) in [4.78, 5) is 22.6. The van der Waals surface area contributed by atoms with Gasteiger partial charge in [0, 0.05) is 35.8 Å². The van der Waals surface area contributed by atoms with E-state index in [1.165, 1.54) is 23.1 Å². The summed E-state index contributed by atoms with van der Waals surface area (Å²) in [7, 11) is 1.79. The van der Waals surface area contributed by atoms with Crippen LogP contribution in [0.5, 0.6) is 0 Å². The average Bonchev–Trinajstić information content (AvgIpc) is 2.93. The number of hydrogen-bond acceptors (Lipinski definition) is 6. The lowest BCUT2D eigenvalue weighted by Crippen LogP contribution is -2.21. The Hall–Kier alpha value is -1.31. The first kappa shape index (κ1) is 17.1. The van der Waals surface area contributed by atoms with Crippen molar-refractivity contribution in [2.45, 2.75) is 6.92 Å². The molecule has 0 fully saturated rings. The number of carbonyl (C=O) groups excluding carboxylic acids is 1. The first-order valence-corrected chi connectivity index (χ1v) is 9.56. The summed E-state index contributed by atoms with van der Waals surface area (Å²) in [5, 5.41) is 2.51. The molecule has 2 aromatic rings. The van der Waals surface area contributed by atoms with Gasteiger partial charge in [-0.05, 0) is 19.1 Å². The molecule has 0 saturated heterocycles. The maximum absolute atomic E-state index is 12.2. The number of hydrogen-bond donors (Lipinski definition) is 0. The summed E-state index contributed by atoms with van der Waals surface area (Å²) in [6.45, 7) is 5.59. The molecular formula is C15H17N3OS3. The molecule has 0 bridgehead atoms. The second kappa shape index (κ2) is 8.36. The number of carbonyl (C=O) groups is 1. The number of amides is 1. The third kappa shape index (κ3) is 4.34. The smallest absolute Gasteiger partial charge is 0.287 e. The van der Waals surface area contributed by atoms with Crippen molar-refractivity contribution in [2.24, 2.45) is 0 Å². The van der Waals surface area contributed by atoms with Crippen LogP contribution in [0.25, 0.3) is 10.6 Å². The number of anilines is 1. The molecule has 0 saturated carbocycles. The zero-order valence-corrected chi connectivity index (χ0v) is 14.9. The fourth-order valence-corrected chi connectivity index (χ4v) is 4.36. The molecule has 0 radical (unpaired) electrons. The van der Waals surface area contributed by atoms with Crippen LogP contribution in [0, 0.1) is 6.92 Å². The number of aromatic nitrogens is 2. The van der Waals surface area contributed by atoms with E-state index in [2.05, 4.69) is 16.5 Å². The van der Waals surface area contributed by atoms with E-state index in [0.717, 1.165) is 32.1 Å². The predicted molar refractivity (Wildman–Crippen MR) is 99.0 cm³/mol. The predicted octanol–water partition coefficient (Wildman–Crippen LogP) is 4.68. The van der Waals surface area contributed by atoms with Crippen LogP contribution in [0.3, 0.4) is 0 Å². The molecule has 7 heteroatoms. The Labute approximate surface area is 143 Å². The largest absolute Gasteiger partial charge is 0.296 e. The Bertz CT molecular complexity index is 643. The maximum Gasteiger partial charge on any atom is 0.287 e. The topological polar surface area (TPSA) is 46.1 Å². The molecule has 0 aliphatic rings. The van der Waals surface area contributed by atoms with Crippen molar-refractivity contribution >= 4 is 45.1 Å². The highest BCUT2D eigenvalue weighted by atomic mass is 32.2. The van der Waals surface area contributed by atoms with E-state index in [-0.39, 0.29) is 5.24 Å². The van der Waals surface area contributed by atoms with E-state index < -0.39 is 0 Å². The number of thioether (sulfide) groups is 2. The minimum absolute atomic E-state index is 0.0287. The SMILES string of the molecule is C=CCSCSC(=O)N(C)c1sc(-c2cccnc2)nc1C. The first-order chi connectivity index (χ1) is 10.6. The summed E-state index contributed by atoms with van der Waals surface area (Å²) in [6.07, 6.45) is 5.36. The van der Waals surface area contributed by atoms with Crippen LogP contribution < -0.4 is 4.90 Å². The average molecular weight is 352 g/mol. The van der Waals surface area contributed by atoms with Crippen LogP contribution in [0.1, 0.15) is 5.69 Å². The lowest BCUT2D eigenvalue weighted by Gasteiger charge is -2.14. The number of thiazole rings is 1. The van der Waals surface area contributed by atoms with Crippen molar-refractivity contribution in [3.63, 3.8) is 0 Å². The molecule has 2 rings (SSSR count). The molecule has 0 spiro atoms. The summed E-state index contributed by atoms with van der Waals surface area (Å²) in [5.74, 6) is 0.856. The van der Waals surface area contributed by atoms with Crippen molar-refractivity contribution in [1.82, 2.24) is 9.97 Å². The summed E-state index contributed by atoms with van der Waals surface area (Å²) >= 11 is 4.49. The number of nitrogens with zero attached hydrogens (tertiary/aromatic N) is 3. The third-order valence-electron chi connectivity index (χ3n) is 2.76. The molecule has 116 valence electrons. The van der Waals surface area contributed by atoms with Gasteiger partial charge in [-0.25, -0.2) is 4.98 Å². The molecule has 0 unspecified atom stereocenters. The summed E-state index contributed by atoms with van der Waals surface area (Å²) in [5.41, 5.74) is 1.83. The molecule has 0 aliphatic heterocycles. The Morgan fingerprint density at radius 1 is 1.55 bits per heavy atom. The minimum Gasteiger partial charge on any atom is -0.296 e. The van der Waals surface area contributed by atoms with Gasteiger partial charge in [-0.2, -0.15) is 0 Å². The van der Waals surface area contributed by atoms with Gasteiger partial charge in [0.1, 0.15) is 10.0 Å². The van der Waals surface area contributed by atoms with Gasteiger partial charge in [0.2, 0.25) is 0 Å². The van der Waals surface area contributed by atoms with E-state index in [4.69, 9.17) is 0 Å². The fourth-order valence-electron chi connectivity index (χ4n) is 1.72. The highest BCUT2D eigenvalue weighted by molar-refractivity contribution is 8.24. The highest BCUT2D eigenvalue weighted by Crippen LogP contribution is 2.34. The van der Waals surface area contributed by atoms with E-state index >= 15 is 0 Å². The highest BCUT2D eigenvalue weighted by Gasteiger charge is 2.18. The Kier molecular flexibility index (Phi) is 6.48. The standard InChI is InChI=1S/C15H17N3OS3/c1-4-8-20-10-21-15(19)18(3)14-11(2)17-13(22-14)12-6-5-7-16-9-12/h4-7,9H,1,8,10H2,2-3H3.